The van der Waals surface area contributed by atoms with Crippen LogP contribution in [-0.2, 0) is 36.7 Å². The molecule has 468 valence electrons. The number of hydrogen-bond donors (Lipinski definition) is 2. The van der Waals surface area contributed by atoms with Gasteiger partial charge in [0, 0.05) is 145 Å². The summed E-state index contributed by atoms with van der Waals surface area (Å²) in [5, 5.41) is 25.8. The molecule has 0 aliphatic carbocycles. The van der Waals surface area contributed by atoms with E-state index in [1.807, 2.05) is 140 Å². The molecule has 0 bridgehead atoms. The summed E-state index contributed by atoms with van der Waals surface area (Å²) in [6.07, 6.45) is 22.4. The zero-order valence-corrected chi connectivity index (χ0v) is 52.8. The highest BCUT2D eigenvalue weighted by Crippen LogP contribution is 2.32. The fourth-order valence-electron chi connectivity index (χ4n) is 10.2. The summed E-state index contributed by atoms with van der Waals surface area (Å²) in [4.78, 5) is 64.1. The first kappa shape index (κ1) is 65.0. The van der Waals surface area contributed by atoms with E-state index in [0.29, 0.717) is 35.9 Å². The average Bonchev–Trinajstić information content (AvgIpc) is 1.70. The molecule has 9 heterocycles. The highest BCUT2D eigenvalue weighted by Gasteiger charge is 2.18. The summed E-state index contributed by atoms with van der Waals surface area (Å²) in [5.74, 6) is 1.34. The zero-order valence-electron chi connectivity index (χ0n) is 52.0. The molecule has 12 rings (SSSR count). The van der Waals surface area contributed by atoms with Crippen molar-refractivity contribution in [3.8, 4) is 33.4 Å². The number of hydrogen-bond acceptors (Lipinski definition) is 17. The summed E-state index contributed by atoms with van der Waals surface area (Å²) in [5.41, 5.74) is 18.9. The van der Waals surface area contributed by atoms with Crippen molar-refractivity contribution in [3.63, 3.8) is 0 Å². The van der Waals surface area contributed by atoms with Gasteiger partial charge in [-0.05, 0) is 87.8 Å². The van der Waals surface area contributed by atoms with Gasteiger partial charge in [-0.2, -0.15) is 28.8 Å². The minimum absolute atomic E-state index is 0.142. The lowest BCUT2D eigenvalue weighted by Gasteiger charge is -2.15. The van der Waals surface area contributed by atoms with Crippen LogP contribution in [0.2, 0.25) is 5.15 Å². The van der Waals surface area contributed by atoms with Crippen LogP contribution in [0.3, 0.4) is 0 Å². The number of allylic oxidation sites excluding steroid dienone is 1. The Morgan fingerprint density at radius 1 is 0.527 bits per heavy atom. The van der Waals surface area contributed by atoms with E-state index in [1.165, 1.54) is 14.2 Å². The van der Waals surface area contributed by atoms with Gasteiger partial charge < -0.3 is 30.1 Å². The van der Waals surface area contributed by atoms with Crippen LogP contribution in [0.5, 0.6) is 0 Å². The average molecular weight is 1240 g/mol. The maximum atomic E-state index is 11.3. The minimum atomic E-state index is -0.753. The Labute approximate surface area is 532 Å². The van der Waals surface area contributed by atoms with Gasteiger partial charge in [-0.1, -0.05) is 85.1 Å². The summed E-state index contributed by atoms with van der Waals surface area (Å²) in [6.45, 7) is 3.53. The first-order chi connectivity index (χ1) is 44.1. The lowest BCUT2D eigenvalue weighted by molar-refractivity contribution is -0.141. The SMILES string of the molecule is C=CCCCC(=O)OC.CN(C)c1cc(Cl)nc2c(-c3cnc4ccccc4c3)cnn12.COC(=O)CCCCCc1cc(N(C)C)n2ncc(-c3cnc4ccccc4c3)c2n1.Nc1cc(CCCCCC(=O)O)nc2c(-c3cnc4ccccc4c3)cnn12. The molecule has 0 atom stereocenters. The molecule has 0 fully saturated rings. The largest absolute Gasteiger partial charge is 0.481 e. The number of esters is 2. The molecule has 12 aromatic rings. The van der Waals surface area contributed by atoms with Crippen molar-refractivity contribution in [2.75, 3.05) is 57.9 Å². The molecule has 0 amide bonds. The number of carboxylic acid groups (broad SMARTS) is 1. The number of nitrogen functional groups attached to an aromatic ring is 1. The van der Waals surface area contributed by atoms with Crippen molar-refractivity contribution in [2.45, 2.75) is 83.5 Å². The fourth-order valence-corrected chi connectivity index (χ4v) is 10.4. The van der Waals surface area contributed by atoms with Gasteiger partial charge in [0.05, 0.1) is 49.4 Å². The van der Waals surface area contributed by atoms with Crippen LogP contribution in [-0.4, -0.2) is 124 Å². The number of benzene rings is 3. The number of ether oxygens (including phenoxy) is 2. The number of aliphatic carboxylic acids is 1. The van der Waals surface area contributed by atoms with Gasteiger partial charge in [-0.25, -0.2) is 15.0 Å². The molecule has 0 unspecified atom stereocenters. The monoisotopic (exact) mass is 1240 g/mol. The number of carboxylic acids is 1. The summed E-state index contributed by atoms with van der Waals surface area (Å²) < 4.78 is 14.4. The molecule has 0 spiro atoms. The molecular weight excluding hydrogens is 1170 g/mol. The number of aromatic nitrogens is 12. The molecule has 91 heavy (non-hydrogen) atoms. The Balaban J connectivity index is 0.000000152. The number of fused-ring (bicyclic) bond motifs is 6. The Bertz CT molecular complexity index is 4500. The molecular formula is C69H74ClN15O6. The van der Waals surface area contributed by atoms with Crippen LogP contribution in [0.1, 0.15) is 82.0 Å². The summed E-state index contributed by atoms with van der Waals surface area (Å²) in [7, 11) is 10.7. The van der Waals surface area contributed by atoms with Crippen molar-refractivity contribution < 1.29 is 29.0 Å². The number of methoxy groups -OCH3 is 2. The van der Waals surface area contributed by atoms with Crippen molar-refractivity contribution in [1.82, 2.24) is 58.7 Å². The van der Waals surface area contributed by atoms with Crippen LogP contribution in [0.4, 0.5) is 17.5 Å². The highest BCUT2D eigenvalue weighted by molar-refractivity contribution is 6.29. The van der Waals surface area contributed by atoms with E-state index in [2.05, 4.69) is 76.9 Å². The number of rotatable bonds is 21. The van der Waals surface area contributed by atoms with Crippen molar-refractivity contribution >= 4 is 96.6 Å². The second kappa shape index (κ2) is 31.2. The third-order valence-corrected chi connectivity index (χ3v) is 15.2. The van der Waals surface area contributed by atoms with Gasteiger partial charge in [0.25, 0.3) is 0 Å². The number of anilines is 3. The van der Waals surface area contributed by atoms with E-state index in [0.717, 1.165) is 158 Å². The van der Waals surface area contributed by atoms with Crippen LogP contribution in [0.15, 0.2) is 159 Å². The minimum Gasteiger partial charge on any atom is -0.481 e. The van der Waals surface area contributed by atoms with Crippen molar-refractivity contribution in [2.24, 2.45) is 0 Å². The third-order valence-electron chi connectivity index (χ3n) is 15.0. The number of halogens is 1. The maximum absolute atomic E-state index is 11.3. The topological polar surface area (TPSA) is 252 Å². The van der Waals surface area contributed by atoms with E-state index < -0.39 is 5.97 Å². The lowest BCUT2D eigenvalue weighted by Crippen LogP contribution is -2.15. The molecule has 0 saturated carbocycles. The molecule has 3 N–H and O–H groups in total. The second-order valence-electron chi connectivity index (χ2n) is 22.0. The molecule has 0 aliphatic rings. The molecule has 21 nitrogen and oxygen atoms in total. The van der Waals surface area contributed by atoms with Gasteiger partial charge in [0.1, 0.15) is 22.6 Å². The smallest absolute Gasteiger partial charge is 0.305 e. The number of unbranched alkanes of at least 4 members (excludes halogenated alkanes) is 5. The van der Waals surface area contributed by atoms with Gasteiger partial charge >= 0.3 is 17.9 Å². The zero-order chi connectivity index (χ0) is 64.4. The number of nitrogens with two attached hydrogens (primary N) is 1. The maximum Gasteiger partial charge on any atom is 0.305 e. The Morgan fingerprint density at radius 3 is 1.38 bits per heavy atom. The van der Waals surface area contributed by atoms with Gasteiger partial charge in [0.2, 0.25) is 0 Å². The van der Waals surface area contributed by atoms with Crippen molar-refractivity contribution in [1.29, 1.82) is 0 Å². The highest BCUT2D eigenvalue weighted by atomic mass is 35.5. The quantitative estimate of drug-likeness (QED) is 0.0293. The normalized spacial score (nSPS) is 11.0. The molecule has 0 aliphatic heterocycles. The van der Waals surface area contributed by atoms with Crippen LogP contribution < -0.4 is 15.5 Å². The molecule has 0 saturated heterocycles. The van der Waals surface area contributed by atoms with Crippen LogP contribution in [0.25, 0.3) is 83.0 Å². The van der Waals surface area contributed by atoms with E-state index in [4.69, 9.17) is 37.1 Å². The van der Waals surface area contributed by atoms with E-state index in [1.54, 1.807) is 33.6 Å². The van der Waals surface area contributed by atoms with Crippen LogP contribution >= 0.6 is 11.6 Å². The van der Waals surface area contributed by atoms with E-state index in [-0.39, 0.29) is 18.4 Å². The Hall–Kier alpha value is -10.4. The molecule has 0 radical (unpaired) electrons. The van der Waals surface area contributed by atoms with E-state index >= 15 is 0 Å². The fraction of sp³-hybridized carbons (Fsp3) is 0.275. The number of aryl methyl sites for hydroxylation is 2. The lowest BCUT2D eigenvalue weighted by atomic mass is 10.1. The number of pyridine rings is 3. The summed E-state index contributed by atoms with van der Waals surface area (Å²) in [6, 6.07) is 36.1. The summed E-state index contributed by atoms with van der Waals surface area (Å²) >= 11 is 6.18. The molecule has 9 aromatic heterocycles. The molecule has 3 aromatic carbocycles. The van der Waals surface area contributed by atoms with E-state index in [9.17, 15) is 14.4 Å². The van der Waals surface area contributed by atoms with Crippen LogP contribution in [0, 0.1) is 0 Å². The Morgan fingerprint density at radius 2 is 0.934 bits per heavy atom. The number of para-hydroxylation sites is 3. The predicted molar refractivity (Wildman–Crippen MR) is 359 cm³/mol. The van der Waals surface area contributed by atoms with Gasteiger partial charge in [0.15, 0.2) is 16.9 Å². The first-order valence-corrected chi connectivity index (χ1v) is 30.4. The second-order valence-corrected chi connectivity index (χ2v) is 22.4. The number of carbonyl (C=O) groups excluding carboxylic acids is 2. The number of nitrogens with zero attached hydrogens (tertiary/aromatic N) is 14. The molecule has 22 heteroatoms. The Kier molecular flexibility index (Phi) is 22.3. The first-order valence-electron chi connectivity index (χ1n) is 30.0. The third kappa shape index (κ3) is 16.7. The predicted octanol–water partition coefficient (Wildman–Crippen LogP) is 13.2. The standard InChI is InChI=1S/C24H27N5O2.C21H21N5O2.C17H14ClN5.C7H12O2/c1-28(2)22-14-19(10-5-4-6-12-23(30)31-3)27-24-20(16-26-29(22)24)18-13-17-9-7-8-11-21(17)25-15-18;22-19-11-16(7-2-1-3-9-20(27)28)25-21-17(13-24-26(19)21)15-10-14-6-4-5-8-18(14)23-12-15;1-22(2)16-8-15(18)21-17-13(10-20-23(16)17)12-7-11-5-3-4-6-14(11)19-9-12;1-3-4-5-6-7(8)9-2/h7-9,11,13-16H,4-6,10,12H2,1-3H3;4-6,8,10-13H,1-3,7,9,22H2,(H,27,28);3-10H,1-2H3;3H,1,4-6H2,2H3. The van der Waals surface area contributed by atoms with Gasteiger partial charge in [-0.3, -0.25) is 29.3 Å². The van der Waals surface area contributed by atoms with Gasteiger partial charge in [-0.15, -0.1) is 6.58 Å². The number of carbonyl (C=O) groups is 3. The van der Waals surface area contributed by atoms with Crippen molar-refractivity contribution in [3.05, 3.63) is 176 Å².